The van der Waals surface area contributed by atoms with E-state index in [2.05, 4.69) is 4.74 Å². The van der Waals surface area contributed by atoms with Gasteiger partial charge in [0.2, 0.25) is 0 Å². The number of hydrogen-bond acceptors (Lipinski definition) is 5. The van der Waals surface area contributed by atoms with Gasteiger partial charge in [-0.05, 0) is 39.0 Å². The van der Waals surface area contributed by atoms with Crippen LogP contribution in [0.3, 0.4) is 0 Å². The van der Waals surface area contributed by atoms with E-state index >= 15 is 0 Å². The molecule has 0 aromatic rings. The minimum absolute atomic E-state index is 0.00714. The van der Waals surface area contributed by atoms with Crippen LogP contribution in [0.2, 0.25) is 0 Å². The van der Waals surface area contributed by atoms with E-state index in [1.165, 1.54) is 7.11 Å². The van der Waals surface area contributed by atoms with Gasteiger partial charge in [0.05, 0.1) is 37.2 Å². The Morgan fingerprint density at radius 2 is 1.84 bits per heavy atom. The van der Waals surface area contributed by atoms with Crippen molar-refractivity contribution < 1.29 is 22.7 Å². The van der Waals surface area contributed by atoms with E-state index in [9.17, 15) is 13.2 Å². The Kier molecular flexibility index (Phi) is 5.01. The highest BCUT2D eigenvalue weighted by Gasteiger charge is 2.47. The highest BCUT2D eigenvalue weighted by molar-refractivity contribution is 7.91. The quantitative estimate of drug-likeness (QED) is 0.666. The fourth-order valence-corrected chi connectivity index (χ4v) is 3.75. The van der Waals surface area contributed by atoms with Gasteiger partial charge in [0.1, 0.15) is 0 Å². The fourth-order valence-electron chi connectivity index (χ4n) is 1.94. The van der Waals surface area contributed by atoms with Crippen LogP contribution in [0.4, 0.5) is 0 Å². The van der Waals surface area contributed by atoms with E-state index in [0.717, 1.165) is 12.8 Å². The molecule has 0 spiro atoms. The topological polar surface area (TPSA) is 69.7 Å². The van der Waals surface area contributed by atoms with Crippen molar-refractivity contribution in [3.8, 4) is 0 Å². The van der Waals surface area contributed by atoms with Crippen molar-refractivity contribution >= 4 is 15.8 Å². The first-order valence-corrected chi connectivity index (χ1v) is 8.31. The third-order valence-electron chi connectivity index (χ3n) is 3.16. The summed E-state index contributed by atoms with van der Waals surface area (Å²) in [6.07, 6.45) is 1.76. The van der Waals surface area contributed by atoms with E-state index in [1.807, 2.05) is 20.8 Å². The highest BCUT2D eigenvalue weighted by Crippen LogP contribution is 2.50. The molecule has 19 heavy (non-hydrogen) atoms. The lowest BCUT2D eigenvalue weighted by molar-refractivity contribution is -0.141. The molecule has 1 fully saturated rings. The van der Waals surface area contributed by atoms with Crippen LogP contribution in [0, 0.1) is 5.41 Å². The van der Waals surface area contributed by atoms with Crippen LogP contribution >= 0.6 is 0 Å². The molecule has 0 atom stereocenters. The van der Waals surface area contributed by atoms with Gasteiger partial charge in [-0.25, -0.2) is 8.42 Å². The zero-order valence-corrected chi connectivity index (χ0v) is 13.0. The molecule has 0 amide bonds. The fraction of sp³-hybridized carbons (Fsp3) is 0.923. The van der Waals surface area contributed by atoms with Crippen molar-refractivity contribution in [3.05, 3.63) is 0 Å². The zero-order valence-electron chi connectivity index (χ0n) is 12.2. The number of carbonyl (C=O) groups excluding carboxylic acids is 1. The third-order valence-corrected chi connectivity index (χ3v) is 5.00. The molecular weight excluding hydrogens is 268 g/mol. The molecule has 0 bridgehead atoms. The van der Waals surface area contributed by atoms with Crippen LogP contribution < -0.4 is 0 Å². The number of esters is 1. The molecule has 0 saturated heterocycles. The van der Waals surface area contributed by atoms with Crippen LogP contribution in [0.15, 0.2) is 0 Å². The summed E-state index contributed by atoms with van der Waals surface area (Å²) in [6.45, 7) is 5.86. The van der Waals surface area contributed by atoms with Crippen molar-refractivity contribution in [2.24, 2.45) is 5.41 Å². The maximum atomic E-state index is 12.0. The summed E-state index contributed by atoms with van der Waals surface area (Å²) >= 11 is 0. The van der Waals surface area contributed by atoms with Crippen LogP contribution in [0.5, 0.6) is 0 Å². The van der Waals surface area contributed by atoms with E-state index in [0.29, 0.717) is 0 Å². The van der Waals surface area contributed by atoms with Crippen molar-refractivity contribution in [2.45, 2.75) is 45.6 Å². The number of rotatable bonds is 7. The average Bonchev–Trinajstić information content (AvgIpc) is 2.93. The molecule has 1 aliphatic rings. The monoisotopic (exact) mass is 292 g/mol. The van der Waals surface area contributed by atoms with Crippen LogP contribution in [0.1, 0.15) is 40.0 Å². The third kappa shape index (κ3) is 6.38. The smallest absolute Gasteiger partial charge is 0.306 e. The summed E-state index contributed by atoms with van der Waals surface area (Å²) < 4.78 is 34.1. The minimum Gasteiger partial charge on any atom is -0.469 e. The summed E-state index contributed by atoms with van der Waals surface area (Å²) in [6, 6.07) is 0. The molecule has 1 saturated carbocycles. The number of methoxy groups -OCH3 is 1. The molecule has 5 nitrogen and oxygen atoms in total. The Labute approximate surface area is 115 Å². The van der Waals surface area contributed by atoms with Gasteiger partial charge in [-0.15, -0.1) is 0 Å². The molecule has 0 N–H and O–H groups in total. The summed E-state index contributed by atoms with van der Waals surface area (Å²) in [4.78, 5) is 11.3. The SMILES string of the molecule is COC(=O)CC1(CS(=O)(=O)CCOC(C)(C)C)CC1. The number of sulfone groups is 1. The Balaban J connectivity index is 2.44. The lowest BCUT2D eigenvalue weighted by atomic mass is 10.1. The second kappa shape index (κ2) is 5.79. The second-order valence-electron chi connectivity index (χ2n) is 6.31. The first kappa shape index (κ1) is 16.4. The summed E-state index contributed by atoms with van der Waals surface area (Å²) in [5, 5.41) is 0. The van der Waals surface area contributed by atoms with Crippen molar-refractivity contribution in [2.75, 3.05) is 25.2 Å². The molecule has 0 radical (unpaired) electrons. The molecule has 112 valence electrons. The molecular formula is C13H24O5S. The number of ether oxygens (including phenoxy) is 2. The van der Waals surface area contributed by atoms with Crippen molar-refractivity contribution in [3.63, 3.8) is 0 Å². The Hall–Kier alpha value is -0.620. The summed E-state index contributed by atoms with van der Waals surface area (Å²) in [5.41, 5.74) is -0.716. The van der Waals surface area contributed by atoms with Gasteiger partial charge < -0.3 is 9.47 Å². The van der Waals surface area contributed by atoms with E-state index in [-0.39, 0.29) is 41.5 Å². The minimum atomic E-state index is -3.19. The molecule has 0 aliphatic heterocycles. The van der Waals surface area contributed by atoms with Crippen molar-refractivity contribution in [1.29, 1.82) is 0 Å². The molecule has 6 heteroatoms. The largest absolute Gasteiger partial charge is 0.469 e. The first-order valence-electron chi connectivity index (χ1n) is 6.49. The van der Waals surface area contributed by atoms with Gasteiger partial charge in [0.15, 0.2) is 9.84 Å². The summed E-state index contributed by atoms with van der Waals surface area (Å²) in [5.74, 6) is -0.269. The Morgan fingerprint density at radius 3 is 2.26 bits per heavy atom. The molecule has 0 unspecified atom stereocenters. The lowest BCUT2D eigenvalue weighted by Crippen LogP contribution is -2.27. The molecule has 0 heterocycles. The molecule has 0 aromatic carbocycles. The predicted octanol–water partition coefficient (Wildman–Crippen LogP) is 1.56. The van der Waals surface area contributed by atoms with E-state index < -0.39 is 9.84 Å². The van der Waals surface area contributed by atoms with Gasteiger partial charge in [-0.3, -0.25) is 4.79 Å². The van der Waals surface area contributed by atoms with Gasteiger partial charge in [-0.1, -0.05) is 0 Å². The van der Waals surface area contributed by atoms with Crippen LogP contribution in [0.25, 0.3) is 0 Å². The molecule has 0 aromatic heterocycles. The van der Waals surface area contributed by atoms with Gasteiger partial charge in [0, 0.05) is 0 Å². The molecule has 1 rings (SSSR count). The lowest BCUT2D eigenvalue weighted by Gasteiger charge is -2.20. The standard InChI is InChI=1S/C13H24O5S/c1-12(2,3)18-7-8-19(15,16)10-13(5-6-13)9-11(14)17-4/h5-10H2,1-4H3. The average molecular weight is 292 g/mol. The highest BCUT2D eigenvalue weighted by atomic mass is 32.2. The van der Waals surface area contributed by atoms with Crippen molar-refractivity contribution in [1.82, 2.24) is 0 Å². The van der Waals surface area contributed by atoms with Gasteiger partial charge in [-0.2, -0.15) is 0 Å². The van der Waals surface area contributed by atoms with Gasteiger partial charge >= 0.3 is 5.97 Å². The Morgan fingerprint density at radius 1 is 1.26 bits per heavy atom. The number of hydrogen-bond donors (Lipinski definition) is 0. The van der Waals surface area contributed by atoms with Gasteiger partial charge in [0.25, 0.3) is 0 Å². The summed E-state index contributed by atoms with van der Waals surface area (Å²) in [7, 11) is -1.86. The number of carbonyl (C=O) groups is 1. The maximum absolute atomic E-state index is 12.0. The van der Waals surface area contributed by atoms with E-state index in [1.54, 1.807) is 0 Å². The normalized spacial score (nSPS) is 18.1. The first-order chi connectivity index (χ1) is 8.58. The van der Waals surface area contributed by atoms with E-state index in [4.69, 9.17) is 4.74 Å². The second-order valence-corrected chi connectivity index (χ2v) is 8.49. The maximum Gasteiger partial charge on any atom is 0.306 e. The predicted molar refractivity (Wildman–Crippen MR) is 72.7 cm³/mol. The zero-order chi connectivity index (χ0) is 14.7. The Bertz CT molecular complexity index is 415. The van der Waals surface area contributed by atoms with Crippen LogP contribution in [-0.2, 0) is 24.1 Å². The van der Waals surface area contributed by atoms with Crippen LogP contribution in [-0.4, -0.2) is 45.2 Å². The molecule has 1 aliphatic carbocycles.